The highest BCUT2D eigenvalue weighted by atomic mass is 79.9. The van der Waals surface area contributed by atoms with E-state index in [1.54, 1.807) is 0 Å². The second-order valence-corrected chi connectivity index (χ2v) is 6.30. The van der Waals surface area contributed by atoms with E-state index in [4.69, 9.17) is 0 Å². The van der Waals surface area contributed by atoms with Crippen LogP contribution in [0.4, 0.5) is 5.69 Å². The minimum Gasteiger partial charge on any atom is -0.378 e. The number of anilines is 1. The Hall–Kier alpha value is -1.28. The maximum atomic E-state index is 3.65. The molecule has 0 fully saturated rings. The average Bonchev–Trinajstić information content (AvgIpc) is 2.43. The van der Waals surface area contributed by atoms with Gasteiger partial charge in [-0.2, -0.15) is 0 Å². The van der Waals surface area contributed by atoms with E-state index in [9.17, 15) is 0 Å². The standard InChI is InChI=1S/C18H22BrN/c1-5-15-11-16(19)8-9-18(15)20-14(4)17-10-12(2)6-7-13(17)3/h6-11,14,20H,5H2,1-4H3. The molecule has 2 aromatic rings. The van der Waals surface area contributed by atoms with Crippen LogP contribution in [0.25, 0.3) is 0 Å². The van der Waals surface area contributed by atoms with Crippen LogP contribution in [-0.4, -0.2) is 0 Å². The molecule has 0 heterocycles. The zero-order chi connectivity index (χ0) is 14.7. The van der Waals surface area contributed by atoms with Crippen molar-refractivity contribution in [3.63, 3.8) is 0 Å². The summed E-state index contributed by atoms with van der Waals surface area (Å²) in [6.07, 6.45) is 1.03. The fraction of sp³-hybridized carbons (Fsp3) is 0.333. The van der Waals surface area contributed by atoms with Crippen LogP contribution in [0.3, 0.4) is 0 Å². The van der Waals surface area contributed by atoms with Gasteiger partial charge in [0.2, 0.25) is 0 Å². The van der Waals surface area contributed by atoms with Crippen LogP contribution in [0, 0.1) is 13.8 Å². The molecule has 0 aromatic heterocycles. The fourth-order valence-electron chi connectivity index (χ4n) is 2.53. The van der Waals surface area contributed by atoms with Crippen LogP contribution >= 0.6 is 15.9 Å². The molecular formula is C18H22BrN. The summed E-state index contributed by atoms with van der Waals surface area (Å²) in [7, 11) is 0. The number of nitrogens with one attached hydrogen (secondary N) is 1. The highest BCUT2D eigenvalue weighted by Crippen LogP contribution is 2.27. The van der Waals surface area contributed by atoms with Gasteiger partial charge in [-0.15, -0.1) is 0 Å². The number of rotatable bonds is 4. The third-order valence-electron chi connectivity index (χ3n) is 3.72. The summed E-state index contributed by atoms with van der Waals surface area (Å²) in [5.74, 6) is 0. The minimum atomic E-state index is 0.307. The lowest BCUT2D eigenvalue weighted by molar-refractivity contribution is 0.867. The molecule has 2 aromatic carbocycles. The molecular weight excluding hydrogens is 310 g/mol. The van der Waals surface area contributed by atoms with Gasteiger partial charge in [0.15, 0.2) is 0 Å². The van der Waals surface area contributed by atoms with E-state index < -0.39 is 0 Å². The number of aryl methyl sites for hydroxylation is 3. The summed E-state index contributed by atoms with van der Waals surface area (Å²) in [5, 5.41) is 3.65. The van der Waals surface area contributed by atoms with Crippen LogP contribution in [0.15, 0.2) is 40.9 Å². The fourth-order valence-corrected chi connectivity index (χ4v) is 2.94. The van der Waals surface area contributed by atoms with Gasteiger partial charge in [-0.1, -0.05) is 46.6 Å². The predicted molar refractivity (Wildman–Crippen MR) is 91.5 cm³/mol. The van der Waals surface area contributed by atoms with Gasteiger partial charge in [0.25, 0.3) is 0 Å². The molecule has 1 atom stereocenters. The molecule has 0 saturated heterocycles. The third-order valence-corrected chi connectivity index (χ3v) is 4.21. The Morgan fingerprint density at radius 1 is 1.10 bits per heavy atom. The molecule has 0 amide bonds. The second-order valence-electron chi connectivity index (χ2n) is 5.38. The molecule has 106 valence electrons. The van der Waals surface area contributed by atoms with Gasteiger partial charge in [-0.3, -0.25) is 0 Å². The highest BCUT2D eigenvalue weighted by Gasteiger charge is 2.10. The van der Waals surface area contributed by atoms with E-state index >= 15 is 0 Å². The van der Waals surface area contributed by atoms with Crippen molar-refractivity contribution >= 4 is 21.6 Å². The van der Waals surface area contributed by atoms with E-state index in [1.807, 2.05) is 0 Å². The molecule has 0 spiro atoms. The van der Waals surface area contributed by atoms with Gasteiger partial charge in [-0.05, 0) is 62.1 Å². The van der Waals surface area contributed by atoms with Gasteiger partial charge >= 0.3 is 0 Å². The summed E-state index contributed by atoms with van der Waals surface area (Å²) in [6, 6.07) is 13.4. The van der Waals surface area contributed by atoms with E-state index in [0.717, 1.165) is 10.9 Å². The largest absolute Gasteiger partial charge is 0.378 e. The van der Waals surface area contributed by atoms with Crippen molar-refractivity contribution in [3.05, 3.63) is 63.1 Å². The predicted octanol–water partition coefficient (Wildman–Crippen LogP) is 5.80. The molecule has 0 radical (unpaired) electrons. The zero-order valence-corrected chi connectivity index (χ0v) is 14.2. The lowest BCUT2D eigenvalue weighted by Crippen LogP contribution is -2.10. The summed E-state index contributed by atoms with van der Waals surface area (Å²) in [5.41, 5.74) is 6.59. The van der Waals surface area contributed by atoms with Crippen LogP contribution in [0.2, 0.25) is 0 Å². The molecule has 0 aliphatic carbocycles. The highest BCUT2D eigenvalue weighted by molar-refractivity contribution is 9.10. The summed E-state index contributed by atoms with van der Waals surface area (Å²) < 4.78 is 1.14. The lowest BCUT2D eigenvalue weighted by atomic mass is 9.99. The first-order valence-electron chi connectivity index (χ1n) is 7.13. The Morgan fingerprint density at radius 2 is 1.85 bits per heavy atom. The average molecular weight is 332 g/mol. The maximum Gasteiger partial charge on any atom is 0.0488 e. The Balaban J connectivity index is 2.27. The monoisotopic (exact) mass is 331 g/mol. The first-order valence-corrected chi connectivity index (χ1v) is 7.92. The van der Waals surface area contributed by atoms with Crippen LogP contribution < -0.4 is 5.32 Å². The van der Waals surface area contributed by atoms with Crippen molar-refractivity contribution in [1.29, 1.82) is 0 Å². The Morgan fingerprint density at radius 3 is 2.55 bits per heavy atom. The molecule has 2 heteroatoms. The first-order chi connectivity index (χ1) is 9.51. The molecule has 0 bridgehead atoms. The van der Waals surface area contributed by atoms with E-state index in [1.165, 1.54) is 27.9 Å². The summed E-state index contributed by atoms with van der Waals surface area (Å²) in [6.45, 7) is 8.74. The molecule has 0 saturated carbocycles. The molecule has 1 nitrogen and oxygen atoms in total. The van der Waals surface area contributed by atoms with Gasteiger partial charge in [0.1, 0.15) is 0 Å². The maximum absolute atomic E-state index is 3.65. The molecule has 0 aliphatic rings. The van der Waals surface area contributed by atoms with E-state index in [0.29, 0.717) is 6.04 Å². The number of halogens is 1. The Bertz CT molecular complexity index is 604. The molecule has 2 rings (SSSR count). The molecule has 1 N–H and O–H groups in total. The Kier molecular flexibility index (Phi) is 4.87. The zero-order valence-electron chi connectivity index (χ0n) is 12.6. The van der Waals surface area contributed by atoms with Crippen molar-refractivity contribution in [2.75, 3.05) is 5.32 Å². The van der Waals surface area contributed by atoms with Crippen molar-refractivity contribution in [2.24, 2.45) is 0 Å². The quantitative estimate of drug-likeness (QED) is 0.746. The Labute approximate surface area is 130 Å². The molecule has 20 heavy (non-hydrogen) atoms. The number of hydrogen-bond donors (Lipinski definition) is 1. The van der Waals surface area contributed by atoms with Crippen LogP contribution in [0.1, 0.15) is 42.1 Å². The van der Waals surface area contributed by atoms with Gasteiger partial charge in [0, 0.05) is 16.2 Å². The first kappa shape index (κ1) is 15.1. The summed E-state index contributed by atoms with van der Waals surface area (Å²) >= 11 is 3.54. The third kappa shape index (κ3) is 3.43. The van der Waals surface area contributed by atoms with Crippen LogP contribution in [-0.2, 0) is 6.42 Å². The normalized spacial score (nSPS) is 12.2. The van der Waals surface area contributed by atoms with E-state index in [2.05, 4.69) is 85.3 Å². The molecule has 0 aliphatic heterocycles. The SMILES string of the molecule is CCc1cc(Br)ccc1NC(C)c1cc(C)ccc1C. The van der Waals surface area contributed by atoms with E-state index in [-0.39, 0.29) is 0 Å². The summed E-state index contributed by atoms with van der Waals surface area (Å²) in [4.78, 5) is 0. The molecule has 1 unspecified atom stereocenters. The number of benzene rings is 2. The van der Waals surface area contributed by atoms with Gasteiger partial charge in [0.05, 0.1) is 0 Å². The smallest absolute Gasteiger partial charge is 0.0488 e. The lowest BCUT2D eigenvalue weighted by Gasteiger charge is -2.20. The van der Waals surface area contributed by atoms with Crippen molar-refractivity contribution in [3.8, 4) is 0 Å². The minimum absolute atomic E-state index is 0.307. The van der Waals surface area contributed by atoms with Crippen molar-refractivity contribution < 1.29 is 0 Å². The van der Waals surface area contributed by atoms with Crippen LogP contribution in [0.5, 0.6) is 0 Å². The topological polar surface area (TPSA) is 12.0 Å². The van der Waals surface area contributed by atoms with Crippen molar-refractivity contribution in [1.82, 2.24) is 0 Å². The van der Waals surface area contributed by atoms with Gasteiger partial charge in [-0.25, -0.2) is 0 Å². The second kappa shape index (κ2) is 6.45. The number of hydrogen-bond acceptors (Lipinski definition) is 1. The van der Waals surface area contributed by atoms with Gasteiger partial charge < -0.3 is 5.32 Å². The van der Waals surface area contributed by atoms with Crippen molar-refractivity contribution in [2.45, 2.75) is 40.2 Å².